The molecule has 0 saturated heterocycles. The minimum atomic E-state index is -1.49. The van der Waals surface area contributed by atoms with Gasteiger partial charge in [0.2, 0.25) is 0 Å². The van der Waals surface area contributed by atoms with E-state index in [-0.39, 0.29) is 5.75 Å². The number of hydrogen-bond acceptors (Lipinski definition) is 5. The Hall–Kier alpha value is -6.30. The topological polar surface area (TPSA) is 81.1 Å². The summed E-state index contributed by atoms with van der Waals surface area (Å²) >= 11 is 0. The third kappa shape index (κ3) is 4.66. The number of aromatic hydroxyl groups is 1. The molecule has 0 spiro atoms. The molecule has 234 valence electrons. The first-order chi connectivity index (χ1) is 23.8. The number of rotatable bonds is 5. The summed E-state index contributed by atoms with van der Waals surface area (Å²) in [6.45, 7) is 7.07. The minimum absolute atomic E-state index is 0.142. The third-order valence-corrected chi connectivity index (χ3v) is 11.2. The molecular formula is C41H30N6OSi. The second-order valence-corrected chi connectivity index (χ2v) is 18.3. The molecule has 0 amide bonds. The summed E-state index contributed by atoms with van der Waals surface area (Å²) in [6, 6.07) is 44.4. The lowest BCUT2D eigenvalue weighted by atomic mass is 10.0. The highest BCUT2D eigenvalue weighted by Crippen LogP contribution is 2.39. The molecule has 5 aromatic carbocycles. The van der Waals surface area contributed by atoms with E-state index in [1.54, 1.807) is 6.07 Å². The summed E-state index contributed by atoms with van der Waals surface area (Å²) < 4.78 is 4.06. The van der Waals surface area contributed by atoms with Crippen molar-refractivity contribution in [2.24, 2.45) is 0 Å². The van der Waals surface area contributed by atoms with Gasteiger partial charge in [-0.1, -0.05) is 97.6 Å². The van der Waals surface area contributed by atoms with E-state index in [4.69, 9.17) is 19.9 Å². The van der Waals surface area contributed by atoms with Crippen LogP contribution in [-0.4, -0.2) is 42.1 Å². The van der Waals surface area contributed by atoms with Crippen molar-refractivity contribution in [3.8, 4) is 45.3 Å². The average Bonchev–Trinajstić information content (AvgIpc) is 3.71. The van der Waals surface area contributed by atoms with Crippen LogP contribution in [0.4, 0.5) is 0 Å². The van der Waals surface area contributed by atoms with E-state index in [0.717, 1.165) is 61.1 Å². The van der Waals surface area contributed by atoms with Crippen molar-refractivity contribution in [2.45, 2.75) is 19.6 Å². The first-order valence-corrected chi connectivity index (χ1v) is 19.7. The number of pyridine rings is 1. The fourth-order valence-corrected chi connectivity index (χ4v) is 7.80. The molecule has 4 heterocycles. The Morgan fingerprint density at radius 1 is 0.714 bits per heavy atom. The Morgan fingerprint density at radius 2 is 1.49 bits per heavy atom. The molecule has 4 aromatic heterocycles. The Balaban J connectivity index is 1.37. The Morgan fingerprint density at radius 3 is 2.29 bits per heavy atom. The average molecular weight is 651 g/mol. The van der Waals surface area contributed by atoms with E-state index in [2.05, 4.69) is 68.2 Å². The largest absolute Gasteiger partial charge is 0.507 e. The van der Waals surface area contributed by atoms with E-state index in [9.17, 15) is 5.11 Å². The second-order valence-electron chi connectivity index (χ2n) is 13.3. The lowest BCUT2D eigenvalue weighted by molar-refractivity contribution is 0.477. The Bertz CT molecular complexity index is 2710. The molecule has 9 aromatic rings. The number of nitrogens with zero attached hydrogens (tertiary/aromatic N) is 6. The van der Waals surface area contributed by atoms with Crippen molar-refractivity contribution in [2.75, 3.05) is 0 Å². The molecule has 7 nitrogen and oxygen atoms in total. The van der Waals surface area contributed by atoms with Crippen molar-refractivity contribution in [3.05, 3.63) is 134 Å². The van der Waals surface area contributed by atoms with Crippen LogP contribution in [0.25, 0.3) is 78.2 Å². The number of hydrogen-bond donors (Lipinski definition) is 1. The molecule has 8 heteroatoms. The van der Waals surface area contributed by atoms with Gasteiger partial charge >= 0.3 is 0 Å². The zero-order valence-corrected chi connectivity index (χ0v) is 28.2. The van der Waals surface area contributed by atoms with Crippen LogP contribution in [0.1, 0.15) is 0 Å². The Labute approximate surface area is 283 Å². The molecule has 0 aliphatic carbocycles. The van der Waals surface area contributed by atoms with Crippen LogP contribution < -0.4 is 5.19 Å². The lowest BCUT2D eigenvalue weighted by Crippen LogP contribution is -2.37. The highest BCUT2D eigenvalue weighted by molar-refractivity contribution is 6.88. The molecule has 0 aliphatic heterocycles. The van der Waals surface area contributed by atoms with Gasteiger partial charge in [0.15, 0.2) is 0 Å². The van der Waals surface area contributed by atoms with Gasteiger partial charge in [0.1, 0.15) is 29.1 Å². The van der Waals surface area contributed by atoms with E-state index in [0.29, 0.717) is 17.1 Å². The maximum atomic E-state index is 11.0. The standard InChI is InChI=1S/C41H30N6OSi/c1-49(2,3)28-22-20-26(21-23-28)33-24-31-38(42-25-46-34-17-9-8-16-32(34)44-40(31)46)39(43-33)30-15-11-18-35-37(30)45-41(29-14-7-10-19-36(29)48)47(35)27-12-5-4-6-13-27/h4-5,7-12,14-25,48H,1-3H3. The van der Waals surface area contributed by atoms with Gasteiger partial charge in [0, 0.05) is 16.5 Å². The minimum Gasteiger partial charge on any atom is -0.507 e. The molecule has 1 N–H and O–H groups in total. The van der Waals surface area contributed by atoms with E-state index in [1.807, 2.05) is 88.1 Å². The van der Waals surface area contributed by atoms with Crippen LogP contribution in [-0.2, 0) is 0 Å². The summed E-state index contributed by atoms with van der Waals surface area (Å²) in [4.78, 5) is 20.7. The summed E-state index contributed by atoms with van der Waals surface area (Å²) in [5, 5.41) is 13.3. The van der Waals surface area contributed by atoms with Gasteiger partial charge in [0.05, 0.1) is 52.8 Å². The predicted molar refractivity (Wildman–Crippen MR) is 199 cm³/mol. The van der Waals surface area contributed by atoms with Crippen molar-refractivity contribution in [1.82, 2.24) is 28.9 Å². The van der Waals surface area contributed by atoms with Gasteiger partial charge in [-0.2, -0.15) is 0 Å². The summed E-state index contributed by atoms with van der Waals surface area (Å²) in [5.74, 6) is 0.733. The van der Waals surface area contributed by atoms with Crippen LogP contribution in [0, 0.1) is 12.1 Å². The molecule has 0 bridgehead atoms. The van der Waals surface area contributed by atoms with Crippen molar-refractivity contribution < 1.29 is 5.11 Å². The maximum Gasteiger partial charge on any atom is 0.150 e. The van der Waals surface area contributed by atoms with Gasteiger partial charge in [-0.05, 0) is 54.6 Å². The molecule has 9 rings (SSSR count). The van der Waals surface area contributed by atoms with E-state index in [1.165, 1.54) is 5.19 Å². The molecule has 49 heavy (non-hydrogen) atoms. The monoisotopic (exact) mass is 650 g/mol. The van der Waals surface area contributed by atoms with Crippen LogP contribution in [0.2, 0.25) is 19.6 Å². The fraction of sp³-hybridized carbons (Fsp3) is 0.0732. The molecule has 0 fully saturated rings. The third-order valence-electron chi connectivity index (χ3n) is 9.14. The highest BCUT2D eigenvalue weighted by Gasteiger charge is 2.23. The number of fused-ring (bicyclic) bond motifs is 6. The number of phenolic OH excluding ortho intramolecular Hbond substituents is 1. The summed E-state index contributed by atoms with van der Waals surface area (Å²) in [7, 11) is -1.49. The quantitative estimate of drug-likeness (QED) is 0.189. The number of imidazole rings is 2. The number of benzene rings is 4. The first-order valence-electron chi connectivity index (χ1n) is 16.2. The van der Waals surface area contributed by atoms with Crippen LogP contribution in [0.15, 0.2) is 122 Å². The first kappa shape index (κ1) is 28.9. The molecule has 0 radical (unpaired) electrons. The SMILES string of the molecule is C[Si](C)(C)c1ccc(-c2cc3c(ncn4c5ccccc5nc34)c(-c3cccc4c3nc(-c3ccccc3O)n4-c3c#cccc3)n2)cc1. The Kier molecular flexibility index (Phi) is 6.41. The highest BCUT2D eigenvalue weighted by atomic mass is 28.3. The van der Waals surface area contributed by atoms with Gasteiger partial charge in [-0.25, -0.2) is 19.9 Å². The smallest absolute Gasteiger partial charge is 0.150 e. The molecule has 0 unspecified atom stereocenters. The van der Waals surface area contributed by atoms with E-state index >= 15 is 0 Å². The maximum absolute atomic E-state index is 11.0. The fourth-order valence-electron chi connectivity index (χ4n) is 6.64. The number of para-hydroxylation sites is 4. The lowest BCUT2D eigenvalue weighted by Gasteiger charge is -2.17. The molecule has 0 atom stereocenters. The summed E-state index contributed by atoms with van der Waals surface area (Å²) in [5.41, 5.74) is 9.78. The number of aromatic nitrogens is 6. The van der Waals surface area contributed by atoms with E-state index < -0.39 is 8.07 Å². The van der Waals surface area contributed by atoms with Gasteiger partial charge in [0.25, 0.3) is 0 Å². The predicted octanol–water partition coefficient (Wildman–Crippen LogP) is 8.62. The molecule has 0 aliphatic rings. The zero-order chi connectivity index (χ0) is 33.3. The van der Waals surface area contributed by atoms with Crippen molar-refractivity contribution in [3.63, 3.8) is 0 Å². The van der Waals surface area contributed by atoms with Crippen LogP contribution in [0.3, 0.4) is 0 Å². The molecular weight excluding hydrogens is 621 g/mol. The second kappa shape index (κ2) is 10.9. The summed E-state index contributed by atoms with van der Waals surface area (Å²) in [6.07, 6.45) is 1.83. The van der Waals surface area contributed by atoms with Gasteiger partial charge in [-0.3, -0.25) is 8.97 Å². The zero-order valence-electron chi connectivity index (χ0n) is 27.2. The van der Waals surface area contributed by atoms with Gasteiger partial charge < -0.3 is 5.11 Å². The van der Waals surface area contributed by atoms with Gasteiger partial charge in [-0.15, -0.1) is 0 Å². The van der Waals surface area contributed by atoms with Crippen LogP contribution >= 0.6 is 0 Å². The molecule has 0 saturated carbocycles. The van der Waals surface area contributed by atoms with Crippen molar-refractivity contribution >= 4 is 51.9 Å². The normalized spacial score (nSPS) is 11.9. The van der Waals surface area contributed by atoms with Crippen molar-refractivity contribution in [1.29, 1.82) is 0 Å². The van der Waals surface area contributed by atoms with Crippen LogP contribution in [0.5, 0.6) is 5.75 Å². The number of phenols is 1.